The number of hydrogen-bond acceptors (Lipinski definition) is 2. The van der Waals surface area contributed by atoms with E-state index in [-0.39, 0.29) is 0 Å². The Hall–Kier alpha value is -1.77. The van der Waals surface area contributed by atoms with Crippen LogP contribution in [0.4, 0.5) is 5.69 Å². The monoisotopic (exact) mass is 273 g/mol. The number of carbonyl (C=O) groups is 1. The van der Waals surface area contributed by atoms with E-state index in [4.69, 9.17) is 5.11 Å². The van der Waals surface area contributed by atoms with Crippen LogP contribution >= 0.6 is 0 Å². The van der Waals surface area contributed by atoms with Gasteiger partial charge in [0.1, 0.15) is 0 Å². The molecule has 0 amide bonds. The summed E-state index contributed by atoms with van der Waals surface area (Å²) in [6, 6.07) is 8.84. The zero-order valence-electron chi connectivity index (χ0n) is 12.1. The van der Waals surface area contributed by atoms with Crippen molar-refractivity contribution >= 4 is 17.7 Å². The number of anilines is 1. The number of carboxylic acids is 1. The van der Waals surface area contributed by atoms with Gasteiger partial charge in [-0.1, -0.05) is 31.9 Å². The predicted octanol–water partition coefficient (Wildman–Crippen LogP) is 3.94. The predicted molar refractivity (Wildman–Crippen MR) is 83.0 cm³/mol. The molecule has 0 radical (unpaired) electrons. The normalized spacial score (nSPS) is 20.1. The molecule has 0 aliphatic carbocycles. The molecule has 1 unspecified atom stereocenters. The topological polar surface area (TPSA) is 40.5 Å². The lowest BCUT2D eigenvalue weighted by molar-refractivity contribution is -0.131. The first-order chi connectivity index (χ1) is 9.70. The van der Waals surface area contributed by atoms with E-state index >= 15 is 0 Å². The van der Waals surface area contributed by atoms with Crippen molar-refractivity contribution in [2.75, 3.05) is 11.4 Å². The minimum Gasteiger partial charge on any atom is -0.478 e. The van der Waals surface area contributed by atoms with Gasteiger partial charge in [0, 0.05) is 24.4 Å². The first-order valence-electron chi connectivity index (χ1n) is 7.48. The molecule has 0 spiro atoms. The Kier molecular flexibility index (Phi) is 5.22. The first kappa shape index (κ1) is 14.6. The van der Waals surface area contributed by atoms with E-state index in [1.807, 2.05) is 12.1 Å². The molecule has 1 aliphatic heterocycles. The summed E-state index contributed by atoms with van der Waals surface area (Å²) < 4.78 is 0. The Balaban J connectivity index is 2.13. The largest absolute Gasteiger partial charge is 0.478 e. The van der Waals surface area contributed by atoms with Gasteiger partial charge in [-0.2, -0.15) is 0 Å². The second-order valence-corrected chi connectivity index (χ2v) is 5.37. The van der Waals surface area contributed by atoms with E-state index in [1.165, 1.54) is 43.9 Å². The van der Waals surface area contributed by atoms with Crippen LogP contribution in [0.3, 0.4) is 0 Å². The number of hydrogen-bond donors (Lipinski definition) is 1. The molecule has 1 heterocycles. The molecule has 0 aromatic heterocycles. The number of carboxylic acid groups (broad SMARTS) is 1. The number of aliphatic carboxylic acids is 1. The molecule has 1 saturated heterocycles. The van der Waals surface area contributed by atoms with Crippen molar-refractivity contribution in [1.29, 1.82) is 0 Å². The van der Waals surface area contributed by atoms with Crippen LogP contribution in [0.1, 0.15) is 44.6 Å². The van der Waals surface area contributed by atoms with Crippen molar-refractivity contribution in [2.24, 2.45) is 0 Å². The highest BCUT2D eigenvalue weighted by molar-refractivity contribution is 5.85. The van der Waals surface area contributed by atoms with E-state index < -0.39 is 5.97 Å². The van der Waals surface area contributed by atoms with E-state index in [1.54, 1.807) is 6.08 Å². The maximum absolute atomic E-state index is 10.5. The van der Waals surface area contributed by atoms with Crippen molar-refractivity contribution in [3.8, 4) is 0 Å². The van der Waals surface area contributed by atoms with Gasteiger partial charge in [-0.15, -0.1) is 0 Å². The fourth-order valence-electron chi connectivity index (χ4n) is 2.89. The number of rotatable bonds is 4. The van der Waals surface area contributed by atoms with Crippen LogP contribution in [0, 0.1) is 0 Å². The minimum absolute atomic E-state index is 0.637. The van der Waals surface area contributed by atoms with Crippen LogP contribution in [-0.4, -0.2) is 23.7 Å². The summed E-state index contributed by atoms with van der Waals surface area (Å²) in [4.78, 5) is 13.0. The fourth-order valence-corrected chi connectivity index (χ4v) is 2.89. The average Bonchev–Trinajstić information content (AvgIpc) is 2.70. The second kappa shape index (κ2) is 7.13. The standard InChI is InChI=1S/C17H23NO2/c1-2-15-6-4-3-5-13-18(15)16-10-7-14(8-11-16)9-12-17(19)20/h7-12,15H,2-6,13H2,1H3,(H,19,20)/b12-9+. The molecule has 3 heteroatoms. The molecule has 1 N–H and O–H groups in total. The molecule has 2 rings (SSSR count). The van der Waals surface area contributed by atoms with Gasteiger partial charge in [0.15, 0.2) is 0 Å². The molecule has 0 saturated carbocycles. The highest BCUT2D eigenvalue weighted by atomic mass is 16.4. The molecule has 1 aromatic rings. The minimum atomic E-state index is -0.910. The molecular formula is C17H23NO2. The molecular weight excluding hydrogens is 250 g/mol. The molecule has 1 fully saturated rings. The van der Waals surface area contributed by atoms with Crippen LogP contribution in [0.5, 0.6) is 0 Å². The van der Waals surface area contributed by atoms with E-state index in [0.717, 1.165) is 12.1 Å². The highest BCUT2D eigenvalue weighted by Crippen LogP contribution is 2.26. The molecule has 108 valence electrons. The average molecular weight is 273 g/mol. The first-order valence-corrected chi connectivity index (χ1v) is 7.48. The van der Waals surface area contributed by atoms with Crippen LogP contribution in [0.25, 0.3) is 6.08 Å². The van der Waals surface area contributed by atoms with Crippen LogP contribution in [-0.2, 0) is 4.79 Å². The third-order valence-corrected chi connectivity index (χ3v) is 3.99. The van der Waals surface area contributed by atoms with Crippen molar-refractivity contribution in [1.82, 2.24) is 0 Å². The number of nitrogens with zero attached hydrogens (tertiary/aromatic N) is 1. The maximum Gasteiger partial charge on any atom is 0.328 e. The molecule has 3 nitrogen and oxygen atoms in total. The van der Waals surface area contributed by atoms with Gasteiger partial charge in [0.25, 0.3) is 0 Å². The van der Waals surface area contributed by atoms with Gasteiger partial charge in [-0.3, -0.25) is 0 Å². The molecule has 20 heavy (non-hydrogen) atoms. The summed E-state index contributed by atoms with van der Waals surface area (Å²) in [7, 11) is 0. The SMILES string of the molecule is CCC1CCCCCN1c1ccc(/C=C/C(=O)O)cc1. The highest BCUT2D eigenvalue weighted by Gasteiger charge is 2.19. The second-order valence-electron chi connectivity index (χ2n) is 5.37. The van der Waals surface area contributed by atoms with Gasteiger partial charge < -0.3 is 10.0 Å². The zero-order valence-corrected chi connectivity index (χ0v) is 12.1. The summed E-state index contributed by atoms with van der Waals surface area (Å²) in [5.74, 6) is -0.910. The van der Waals surface area contributed by atoms with Crippen molar-refractivity contribution < 1.29 is 9.90 Å². The van der Waals surface area contributed by atoms with Gasteiger partial charge in [-0.05, 0) is 43.0 Å². The lowest BCUT2D eigenvalue weighted by Gasteiger charge is -2.31. The van der Waals surface area contributed by atoms with Gasteiger partial charge in [-0.25, -0.2) is 4.79 Å². The Bertz CT molecular complexity index is 464. The van der Waals surface area contributed by atoms with Crippen LogP contribution in [0.2, 0.25) is 0 Å². The quantitative estimate of drug-likeness (QED) is 0.845. The lowest BCUT2D eigenvalue weighted by atomic mass is 10.1. The summed E-state index contributed by atoms with van der Waals surface area (Å²) in [6.07, 6.45) is 9.18. The van der Waals surface area contributed by atoms with Crippen molar-refractivity contribution in [2.45, 2.75) is 45.1 Å². The Morgan fingerprint density at radius 1 is 1.30 bits per heavy atom. The summed E-state index contributed by atoms with van der Waals surface area (Å²) in [5, 5.41) is 8.64. The van der Waals surface area contributed by atoms with Gasteiger partial charge >= 0.3 is 5.97 Å². The van der Waals surface area contributed by atoms with Gasteiger partial charge in [0.05, 0.1) is 0 Å². The van der Waals surface area contributed by atoms with Gasteiger partial charge in [0.2, 0.25) is 0 Å². The third-order valence-electron chi connectivity index (χ3n) is 3.99. The van der Waals surface area contributed by atoms with E-state index in [9.17, 15) is 4.79 Å². The Labute approximate surface area is 120 Å². The molecule has 0 bridgehead atoms. The third kappa shape index (κ3) is 3.86. The zero-order chi connectivity index (χ0) is 14.4. The summed E-state index contributed by atoms with van der Waals surface area (Å²) >= 11 is 0. The smallest absolute Gasteiger partial charge is 0.328 e. The number of benzene rings is 1. The molecule has 1 aliphatic rings. The molecule has 1 aromatic carbocycles. The fraction of sp³-hybridized carbons (Fsp3) is 0.471. The lowest BCUT2D eigenvalue weighted by Crippen LogP contribution is -2.34. The van der Waals surface area contributed by atoms with Crippen LogP contribution in [0.15, 0.2) is 30.3 Å². The molecule has 1 atom stereocenters. The van der Waals surface area contributed by atoms with Crippen molar-refractivity contribution in [3.05, 3.63) is 35.9 Å². The van der Waals surface area contributed by atoms with Crippen LogP contribution < -0.4 is 4.90 Å². The summed E-state index contributed by atoms with van der Waals surface area (Å²) in [6.45, 7) is 3.38. The van der Waals surface area contributed by atoms with E-state index in [2.05, 4.69) is 24.0 Å². The van der Waals surface area contributed by atoms with Crippen molar-refractivity contribution in [3.63, 3.8) is 0 Å². The summed E-state index contributed by atoms with van der Waals surface area (Å²) in [5.41, 5.74) is 2.19. The van der Waals surface area contributed by atoms with E-state index in [0.29, 0.717) is 6.04 Å². The maximum atomic E-state index is 10.5. The Morgan fingerprint density at radius 2 is 2.05 bits per heavy atom. The Morgan fingerprint density at radius 3 is 2.70 bits per heavy atom.